The van der Waals surface area contributed by atoms with Crippen LogP contribution in [0.4, 0.5) is 0 Å². The van der Waals surface area contributed by atoms with Crippen molar-refractivity contribution < 1.29 is 58.1 Å². The number of carbonyl (C=O) groups excluding carboxylic acids is 6. The van der Waals surface area contributed by atoms with Crippen LogP contribution in [0.1, 0.15) is 66.0 Å². The monoisotopic (exact) mass is 774 g/mol. The molecule has 11 N–H and O–H groups in total. The second-order valence-electron chi connectivity index (χ2n) is 14.3. The van der Waals surface area contributed by atoms with Gasteiger partial charge in [-0.1, -0.05) is 20.8 Å². The van der Waals surface area contributed by atoms with Crippen LogP contribution in [-0.4, -0.2) is 139 Å². The highest BCUT2D eigenvalue weighted by Gasteiger charge is 2.38. The van der Waals surface area contributed by atoms with Crippen molar-refractivity contribution in [2.45, 2.75) is 103 Å². The first kappa shape index (κ1) is 45.2. The lowest BCUT2D eigenvalue weighted by atomic mass is 10.0. The van der Waals surface area contributed by atoms with Crippen LogP contribution in [0.3, 0.4) is 0 Å². The average Bonchev–Trinajstić information content (AvgIpc) is 3.77. The van der Waals surface area contributed by atoms with Crippen LogP contribution in [0.5, 0.6) is 0 Å². The summed E-state index contributed by atoms with van der Waals surface area (Å²) in [6.07, 6.45) is 2.86. The first-order valence-electron chi connectivity index (χ1n) is 17.4. The van der Waals surface area contributed by atoms with E-state index in [-0.39, 0.29) is 44.3 Å². The summed E-state index contributed by atoms with van der Waals surface area (Å²) in [7, 11) is -4.60. The van der Waals surface area contributed by atoms with Gasteiger partial charge in [-0.2, -0.15) is 0 Å². The predicted molar refractivity (Wildman–Crippen MR) is 188 cm³/mol. The Labute approximate surface area is 307 Å². The SMILES string of the molecule is CC(C)C[C@H](NC(=O)[C@@H]1CCCN1C(=O)CCOC(C)(C)CO)C(=O)N[C@@H](Cc1cnc[nH]1)C(=O)N[C@@H](CO)C(=O)N[C@H](C(N)=O)C(C)CP(=O)(O)O. The second-order valence-corrected chi connectivity index (χ2v) is 15.9. The number of ether oxygens (including phenoxy) is 1. The maximum Gasteiger partial charge on any atom is 0.325 e. The van der Waals surface area contributed by atoms with Crippen LogP contribution in [0.2, 0.25) is 0 Å². The third-order valence-corrected chi connectivity index (χ3v) is 9.58. The lowest BCUT2D eigenvalue weighted by molar-refractivity contribution is -0.141. The number of imidazole rings is 1. The summed E-state index contributed by atoms with van der Waals surface area (Å²) in [4.78, 5) is 106. The molecular formula is C32H55N8O12P. The molecule has 0 radical (unpaired) electrons. The molecule has 300 valence electrons. The molecular weight excluding hydrogens is 719 g/mol. The zero-order chi connectivity index (χ0) is 40.1. The van der Waals surface area contributed by atoms with Gasteiger partial charge < -0.3 is 61.6 Å². The molecule has 1 fully saturated rings. The summed E-state index contributed by atoms with van der Waals surface area (Å²) in [5, 5.41) is 29.2. The number of H-pyrrole nitrogens is 1. The molecule has 6 amide bonds. The van der Waals surface area contributed by atoms with Gasteiger partial charge in [-0.3, -0.25) is 33.3 Å². The van der Waals surface area contributed by atoms with Crippen LogP contribution in [0.15, 0.2) is 12.5 Å². The van der Waals surface area contributed by atoms with E-state index in [1.807, 2.05) is 13.8 Å². The highest BCUT2D eigenvalue weighted by atomic mass is 31.2. The first-order chi connectivity index (χ1) is 24.7. The molecule has 21 heteroatoms. The van der Waals surface area contributed by atoms with E-state index in [2.05, 4.69) is 31.2 Å². The number of nitrogens with zero attached hydrogens (tertiary/aromatic N) is 2. The van der Waals surface area contributed by atoms with Gasteiger partial charge in [0.05, 0.1) is 44.3 Å². The largest absolute Gasteiger partial charge is 0.394 e. The lowest BCUT2D eigenvalue weighted by Crippen LogP contribution is -2.60. The van der Waals surface area contributed by atoms with Crippen LogP contribution < -0.4 is 27.0 Å². The van der Waals surface area contributed by atoms with Gasteiger partial charge in [0.1, 0.15) is 30.2 Å². The molecule has 2 rings (SSSR count). The smallest absolute Gasteiger partial charge is 0.325 e. The van der Waals surface area contributed by atoms with E-state index < -0.39 is 91.6 Å². The van der Waals surface area contributed by atoms with Gasteiger partial charge in [-0.05, 0) is 44.9 Å². The first-order valence-corrected chi connectivity index (χ1v) is 19.2. The molecule has 20 nitrogen and oxygen atoms in total. The van der Waals surface area contributed by atoms with Crippen LogP contribution in [-0.2, 0) is 44.5 Å². The Bertz CT molecular complexity index is 1450. The van der Waals surface area contributed by atoms with Crippen molar-refractivity contribution in [2.75, 3.05) is 32.5 Å². The molecule has 6 atom stereocenters. The van der Waals surface area contributed by atoms with Crippen LogP contribution in [0.25, 0.3) is 0 Å². The highest BCUT2D eigenvalue weighted by Crippen LogP contribution is 2.37. The average molecular weight is 775 g/mol. The molecule has 0 aromatic carbocycles. The summed E-state index contributed by atoms with van der Waals surface area (Å²) in [5.74, 6) is -5.96. The van der Waals surface area contributed by atoms with E-state index in [1.165, 1.54) is 24.3 Å². The van der Waals surface area contributed by atoms with Gasteiger partial charge in [-0.15, -0.1) is 0 Å². The van der Waals surface area contributed by atoms with E-state index in [4.69, 9.17) is 10.5 Å². The van der Waals surface area contributed by atoms with Crippen molar-refractivity contribution in [2.24, 2.45) is 17.6 Å². The van der Waals surface area contributed by atoms with Crippen molar-refractivity contribution >= 4 is 43.0 Å². The maximum atomic E-state index is 13.8. The van der Waals surface area contributed by atoms with E-state index in [9.17, 15) is 53.3 Å². The number of hydrogen-bond acceptors (Lipinski definition) is 11. The summed E-state index contributed by atoms with van der Waals surface area (Å²) in [5.41, 5.74) is 4.92. The fraction of sp³-hybridized carbons (Fsp3) is 0.719. The summed E-state index contributed by atoms with van der Waals surface area (Å²) < 4.78 is 17.0. The molecule has 1 saturated heterocycles. The molecule has 0 spiro atoms. The van der Waals surface area contributed by atoms with Gasteiger partial charge >= 0.3 is 7.60 Å². The zero-order valence-corrected chi connectivity index (χ0v) is 31.6. The second kappa shape index (κ2) is 20.5. The lowest BCUT2D eigenvalue weighted by Gasteiger charge is -2.29. The van der Waals surface area contributed by atoms with Crippen molar-refractivity contribution in [3.63, 3.8) is 0 Å². The van der Waals surface area contributed by atoms with Gasteiger partial charge in [0, 0.05) is 24.9 Å². The molecule has 1 aromatic heterocycles. The maximum absolute atomic E-state index is 13.8. The molecule has 0 aliphatic carbocycles. The number of amides is 6. The van der Waals surface area contributed by atoms with Crippen molar-refractivity contribution in [1.82, 2.24) is 36.1 Å². The quantitative estimate of drug-likeness (QED) is 0.0541. The number of aromatic amines is 1. The number of carbonyl (C=O) groups is 6. The number of rotatable bonds is 22. The van der Waals surface area contributed by atoms with Gasteiger partial charge in [0.15, 0.2) is 0 Å². The number of hydrogen-bond donors (Lipinski definition) is 10. The Kier molecular flexibility index (Phi) is 17.5. The molecule has 1 aliphatic rings. The number of primary amides is 1. The van der Waals surface area contributed by atoms with Crippen LogP contribution in [0, 0.1) is 11.8 Å². The van der Waals surface area contributed by atoms with Crippen molar-refractivity contribution in [3.8, 4) is 0 Å². The summed E-state index contributed by atoms with van der Waals surface area (Å²) in [6.45, 7) is 7.45. The number of likely N-dealkylation sites (tertiary alicyclic amines) is 1. The minimum absolute atomic E-state index is 0.0179. The minimum atomic E-state index is -4.60. The molecule has 2 heterocycles. The fourth-order valence-electron chi connectivity index (χ4n) is 5.70. The predicted octanol–water partition coefficient (Wildman–Crippen LogP) is -2.60. The van der Waals surface area contributed by atoms with E-state index in [0.29, 0.717) is 25.1 Å². The number of nitrogens with one attached hydrogen (secondary N) is 5. The minimum Gasteiger partial charge on any atom is -0.394 e. The van der Waals surface area contributed by atoms with E-state index >= 15 is 0 Å². The Morgan fingerprint density at radius 2 is 1.64 bits per heavy atom. The van der Waals surface area contributed by atoms with Crippen LogP contribution >= 0.6 is 7.60 Å². The molecule has 1 aliphatic heterocycles. The summed E-state index contributed by atoms with van der Waals surface area (Å²) in [6, 6.07) is -6.61. The summed E-state index contributed by atoms with van der Waals surface area (Å²) >= 11 is 0. The van der Waals surface area contributed by atoms with Gasteiger partial charge in [-0.25, -0.2) is 4.98 Å². The van der Waals surface area contributed by atoms with E-state index in [1.54, 1.807) is 13.8 Å². The number of nitrogens with two attached hydrogens (primary N) is 1. The Morgan fingerprint density at radius 3 is 2.19 bits per heavy atom. The third-order valence-electron chi connectivity index (χ3n) is 8.53. The number of aliphatic hydroxyl groups excluding tert-OH is 2. The molecule has 53 heavy (non-hydrogen) atoms. The molecule has 1 aromatic rings. The highest BCUT2D eigenvalue weighted by molar-refractivity contribution is 7.51. The van der Waals surface area contributed by atoms with Crippen molar-refractivity contribution in [3.05, 3.63) is 18.2 Å². The Morgan fingerprint density at radius 1 is 1.02 bits per heavy atom. The Hall–Kier alpha value is -3.94. The fourth-order valence-corrected chi connectivity index (χ4v) is 6.67. The molecule has 0 saturated carbocycles. The Balaban J connectivity index is 2.21. The van der Waals surface area contributed by atoms with Crippen molar-refractivity contribution in [1.29, 1.82) is 0 Å². The third kappa shape index (κ3) is 15.1. The van der Waals surface area contributed by atoms with Gasteiger partial charge in [0.2, 0.25) is 35.4 Å². The van der Waals surface area contributed by atoms with Gasteiger partial charge in [0.25, 0.3) is 0 Å². The standard InChI is InChI=1S/C32H55N8O12P/c1-18(2)11-21(37-31(48)24-7-6-9-40(24)25(43)8-10-52-32(4,5)16-42)28(45)36-22(12-20-13-34-17-35-20)29(46)38-23(14-41)30(47)39-26(27(33)44)19(3)15-53(49,50)51/h13,17-19,21-24,26,41-42H,6-12,14-16H2,1-5H3,(H2,33,44)(H,34,35)(H,36,45)(H,37,48)(H,38,46)(H,39,47)(H2,49,50,51)/t19?,21-,22-,23-,24-,26-/m0/s1. The topological polar surface area (TPSA) is 316 Å². The number of aromatic nitrogens is 2. The number of aliphatic hydroxyl groups is 2. The molecule has 0 bridgehead atoms. The molecule has 1 unspecified atom stereocenters. The normalized spacial score (nSPS) is 17.7. The zero-order valence-electron chi connectivity index (χ0n) is 30.7. The van der Waals surface area contributed by atoms with E-state index in [0.717, 1.165) is 0 Å².